The predicted octanol–water partition coefficient (Wildman–Crippen LogP) is 2.35. The fourth-order valence-electron chi connectivity index (χ4n) is 3.13. The number of ether oxygens (including phenoxy) is 2. The van der Waals surface area contributed by atoms with Crippen molar-refractivity contribution in [2.75, 3.05) is 25.0 Å². The molecule has 2 aliphatic rings. The van der Waals surface area contributed by atoms with Crippen LogP contribution in [0.15, 0.2) is 12.1 Å². The number of nitrogens with one attached hydrogen (secondary N) is 1. The Hall–Kier alpha value is -2.24. The van der Waals surface area contributed by atoms with E-state index in [0.29, 0.717) is 39.0 Å². The Labute approximate surface area is 135 Å². The van der Waals surface area contributed by atoms with Crippen LogP contribution in [0.25, 0.3) is 0 Å². The van der Waals surface area contributed by atoms with Gasteiger partial charge in [-0.15, -0.1) is 0 Å². The normalized spacial score (nSPS) is 19.0. The van der Waals surface area contributed by atoms with Crippen LogP contribution < -0.4 is 10.1 Å². The van der Waals surface area contributed by atoms with Gasteiger partial charge < -0.3 is 19.7 Å². The first kappa shape index (κ1) is 15.6. The van der Waals surface area contributed by atoms with Gasteiger partial charge in [-0.2, -0.15) is 0 Å². The molecule has 1 N–H and O–H groups in total. The molecular weight excluding hydrogens is 296 g/mol. The highest BCUT2D eigenvalue weighted by Gasteiger charge is 2.29. The molecule has 0 bridgehead atoms. The summed E-state index contributed by atoms with van der Waals surface area (Å²) in [4.78, 5) is 25.3. The molecule has 2 heterocycles. The van der Waals surface area contributed by atoms with Crippen molar-refractivity contribution in [1.29, 1.82) is 0 Å². The summed E-state index contributed by atoms with van der Waals surface area (Å²) in [6.45, 7) is 5.47. The molecule has 124 valence electrons. The topological polar surface area (TPSA) is 67.9 Å². The highest BCUT2D eigenvalue weighted by molar-refractivity contribution is 5.94. The summed E-state index contributed by atoms with van der Waals surface area (Å²) in [6.07, 6.45) is 1.21. The number of rotatable bonds is 3. The van der Waals surface area contributed by atoms with Crippen LogP contribution in [0.1, 0.15) is 31.4 Å². The zero-order chi connectivity index (χ0) is 16.4. The molecule has 1 unspecified atom stereocenters. The molecule has 0 aromatic heterocycles. The van der Waals surface area contributed by atoms with Gasteiger partial charge in [-0.3, -0.25) is 4.79 Å². The second-order valence-corrected chi connectivity index (χ2v) is 5.81. The number of hydrogen-bond acceptors (Lipinski definition) is 4. The van der Waals surface area contributed by atoms with Crippen molar-refractivity contribution < 1.29 is 19.1 Å². The van der Waals surface area contributed by atoms with Crippen molar-refractivity contribution in [1.82, 2.24) is 4.90 Å². The predicted molar refractivity (Wildman–Crippen MR) is 85.8 cm³/mol. The summed E-state index contributed by atoms with van der Waals surface area (Å²) in [7, 11) is 0. The second-order valence-electron chi connectivity index (χ2n) is 5.81. The van der Waals surface area contributed by atoms with Gasteiger partial charge in [-0.05, 0) is 38.0 Å². The molecule has 2 aliphatic heterocycles. The van der Waals surface area contributed by atoms with E-state index < -0.39 is 0 Å². The SMILES string of the molecule is CCN(CC)C(=O)OC1COc2ccc3c(c2C1)CCC(=O)N3. The van der Waals surface area contributed by atoms with Crippen LogP contribution >= 0.6 is 0 Å². The minimum absolute atomic E-state index is 0.0405. The van der Waals surface area contributed by atoms with Crippen molar-refractivity contribution in [2.45, 2.75) is 39.2 Å². The molecule has 1 aromatic carbocycles. The molecule has 0 saturated carbocycles. The van der Waals surface area contributed by atoms with Gasteiger partial charge in [0.2, 0.25) is 5.91 Å². The molecule has 0 radical (unpaired) electrons. The third-order valence-electron chi connectivity index (χ3n) is 4.41. The van der Waals surface area contributed by atoms with Gasteiger partial charge in [0.25, 0.3) is 0 Å². The quantitative estimate of drug-likeness (QED) is 0.929. The van der Waals surface area contributed by atoms with Gasteiger partial charge in [-0.25, -0.2) is 4.79 Å². The molecular formula is C17H22N2O4. The first-order valence-electron chi connectivity index (χ1n) is 8.15. The molecule has 0 fully saturated rings. The number of anilines is 1. The summed E-state index contributed by atoms with van der Waals surface area (Å²) in [5, 5.41) is 2.89. The highest BCUT2D eigenvalue weighted by Crippen LogP contribution is 2.36. The minimum atomic E-state index is -0.301. The Balaban J connectivity index is 1.76. The van der Waals surface area contributed by atoms with Crippen LogP contribution in [0.3, 0.4) is 0 Å². The van der Waals surface area contributed by atoms with Crippen molar-refractivity contribution >= 4 is 17.7 Å². The van der Waals surface area contributed by atoms with E-state index in [1.165, 1.54) is 0 Å². The Morgan fingerprint density at radius 1 is 1.30 bits per heavy atom. The number of carbonyl (C=O) groups is 2. The van der Waals surface area contributed by atoms with E-state index in [1.807, 2.05) is 26.0 Å². The summed E-state index contributed by atoms with van der Waals surface area (Å²) in [6, 6.07) is 3.76. The van der Waals surface area contributed by atoms with Gasteiger partial charge in [-0.1, -0.05) is 0 Å². The second kappa shape index (κ2) is 6.48. The Morgan fingerprint density at radius 3 is 2.83 bits per heavy atom. The Morgan fingerprint density at radius 2 is 2.09 bits per heavy atom. The van der Waals surface area contributed by atoms with E-state index in [4.69, 9.17) is 9.47 Å². The van der Waals surface area contributed by atoms with Gasteiger partial charge in [0.15, 0.2) is 0 Å². The lowest BCUT2D eigenvalue weighted by atomic mass is 9.92. The zero-order valence-corrected chi connectivity index (χ0v) is 13.6. The van der Waals surface area contributed by atoms with Gasteiger partial charge in [0.1, 0.15) is 18.5 Å². The zero-order valence-electron chi connectivity index (χ0n) is 13.6. The van der Waals surface area contributed by atoms with Gasteiger partial charge >= 0.3 is 6.09 Å². The van der Waals surface area contributed by atoms with Gasteiger partial charge in [0, 0.05) is 37.2 Å². The average Bonchev–Trinajstić information content (AvgIpc) is 2.55. The largest absolute Gasteiger partial charge is 0.489 e. The number of amides is 2. The van der Waals surface area contributed by atoms with Crippen LogP contribution in [-0.2, 0) is 22.4 Å². The minimum Gasteiger partial charge on any atom is -0.489 e. The van der Waals surface area contributed by atoms with Crippen LogP contribution in [0.5, 0.6) is 5.75 Å². The van der Waals surface area contributed by atoms with Crippen LogP contribution in [0.2, 0.25) is 0 Å². The number of nitrogens with zero attached hydrogens (tertiary/aromatic N) is 1. The highest BCUT2D eigenvalue weighted by atomic mass is 16.6. The van der Waals surface area contributed by atoms with Gasteiger partial charge in [0.05, 0.1) is 0 Å². The molecule has 1 aromatic rings. The fraction of sp³-hybridized carbons (Fsp3) is 0.529. The summed E-state index contributed by atoms with van der Waals surface area (Å²) in [5.74, 6) is 0.869. The standard InChI is InChI=1S/C17H22N2O4/c1-3-19(4-2)17(21)23-11-9-13-12-5-8-16(20)18-14(12)6-7-15(13)22-10-11/h6-7,11H,3-5,8-10H2,1-2H3,(H,18,20). The molecule has 1 atom stereocenters. The smallest absolute Gasteiger partial charge is 0.410 e. The number of carbonyl (C=O) groups excluding carboxylic acids is 2. The maximum absolute atomic E-state index is 12.1. The summed E-state index contributed by atoms with van der Waals surface area (Å²) < 4.78 is 11.3. The lowest BCUT2D eigenvalue weighted by Crippen LogP contribution is -2.38. The molecule has 23 heavy (non-hydrogen) atoms. The summed E-state index contributed by atoms with van der Waals surface area (Å²) in [5.41, 5.74) is 3.00. The van der Waals surface area contributed by atoms with Crippen molar-refractivity contribution in [3.05, 3.63) is 23.3 Å². The monoisotopic (exact) mass is 318 g/mol. The number of benzene rings is 1. The molecule has 2 amide bonds. The Kier molecular flexibility index (Phi) is 4.41. The maximum atomic E-state index is 12.1. The maximum Gasteiger partial charge on any atom is 0.410 e. The van der Waals surface area contributed by atoms with E-state index in [2.05, 4.69) is 5.32 Å². The molecule has 0 spiro atoms. The lowest BCUT2D eigenvalue weighted by Gasteiger charge is -2.30. The molecule has 0 saturated heterocycles. The van der Waals surface area contributed by atoms with Crippen molar-refractivity contribution in [3.8, 4) is 5.75 Å². The lowest BCUT2D eigenvalue weighted by molar-refractivity contribution is -0.116. The molecule has 3 rings (SSSR count). The van der Waals surface area contributed by atoms with Crippen molar-refractivity contribution in [2.24, 2.45) is 0 Å². The van der Waals surface area contributed by atoms with Crippen LogP contribution in [0.4, 0.5) is 10.5 Å². The third-order valence-corrected chi connectivity index (χ3v) is 4.41. The number of fused-ring (bicyclic) bond motifs is 3. The van der Waals surface area contributed by atoms with Crippen LogP contribution in [-0.4, -0.2) is 42.7 Å². The van der Waals surface area contributed by atoms with E-state index in [9.17, 15) is 9.59 Å². The third kappa shape index (κ3) is 3.11. The number of hydrogen-bond donors (Lipinski definition) is 1. The first-order valence-corrected chi connectivity index (χ1v) is 8.15. The molecule has 6 heteroatoms. The fourth-order valence-corrected chi connectivity index (χ4v) is 3.13. The van der Waals surface area contributed by atoms with Crippen LogP contribution in [0, 0.1) is 0 Å². The van der Waals surface area contributed by atoms with E-state index in [1.54, 1.807) is 4.90 Å². The van der Waals surface area contributed by atoms with E-state index >= 15 is 0 Å². The van der Waals surface area contributed by atoms with E-state index in [-0.39, 0.29) is 18.1 Å². The van der Waals surface area contributed by atoms with E-state index in [0.717, 1.165) is 22.6 Å². The Bertz CT molecular complexity index is 625. The molecule has 6 nitrogen and oxygen atoms in total. The summed E-state index contributed by atoms with van der Waals surface area (Å²) >= 11 is 0. The average molecular weight is 318 g/mol. The first-order chi connectivity index (χ1) is 11.1. The molecule has 0 aliphatic carbocycles. The van der Waals surface area contributed by atoms with Crippen molar-refractivity contribution in [3.63, 3.8) is 0 Å².